The molecule has 0 N–H and O–H groups in total. The maximum Gasteiger partial charge on any atom is 0.242 e. The fraction of sp³-hybridized carbons (Fsp3) is 0.241. The molecule has 0 saturated carbocycles. The molecule has 0 aliphatic carbocycles. The molecule has 0 atom stereocenters. The van der Waals surface area contributed by atoms with E-state index in [-0.39, 0.29) is 18.3 Å². The predicted octanol–water partition coefficient (Wildman–Crippen LogP) is 6.40. The van der Waals surface area contributed by atoms with Crippen LogP contribution in [-0.2, 0) is 24.5 Å². The van der Waals surface area contributed by atoms with Crippen molar-refractivity contribution in [1.29, 1.82) is 0 Å². The van der Waals surface area contributed by atoms with Crippen molar-refractivity contribution in [1.82, 2.24) is 14.7 Å². The van der Waals surface area contributed by atoms with Crippen LogP contribution in [-0.4, -0.2) is 40.2 Å². The number of aromatic nitrogens is 2. The number of carbonyl (C=O) groups excluding carboxylic acids is 1. The summed E-state index contributed by atoms with van der Waals surface area (Å²) in [6.07, 6.45) is 0. The Morgan fingerprint density at radius 1 is 0.868 bits per heavy atom. The van der Waals surface area contributed by atoms with E-state index >= 15 is 0 Å². The molecule has 3 aromatic carbocycles. The number of nitrogens with zero attached hydrogens (tertiary/aromatic N) is 4. The number of hydrogen-bond acceptors (Lipinski definition) is 4. The molecule has 1 aliphatic rings. The number of amides is 1. The van der Waals surface area contributed by atoms with Crippen molar-refractivity contribution in [3.05, 3.63) is 111 Å². The number of piperazine rings is 1. The Labute approximate surface area is 239 Å². The van der Waals surface area contributed by atoms with Crippen molar-refractivity contribution >= 4 is 47.3 Å². The van der Waals surface area contributed by atoms with Crippen molar-refractivity contribution in [2.45, 2.75) is 26.6 Å². The Morgan fingerprint density at radius 3 is 2.34 bits per heavy atom. The van der Waals surface area contributed by atoms with Gasteiger partial charge in [0.2, 0.25) is 5.91 Å². The summed E-state index contributed by atoms with van der Waals surface area (Å²) in [4.78, 5) is 16.9. The number of hydrogen-bond donors (Lipinski definition) is 0. The molecule has 0 spiro atoms. The third-order valence-corrected chi connectivity index (χ3v) is 6.93. The van der Waals surface area contributed by atoms with Gasteiger partial charge >= 0.3 is 0 Å². The lowest BCUT2D eigenvalue weighted by Crippen LogP contribution is -2.50. The third-order valence-electron chi connectivity index (χ3n) is 6.44. The molecule has 1 amide bonds. The van der Waals surface area contributed by atoms with Gasteiger partial charge in [0.05, 0.1) is 13.1 Å². The number of benzene rings is 3. The molecule has 1 aliphatic heterocycles. The first-order chi connectivity index (χ1) is 17.9. The average molecular weight is 572 g/mol. The summed E-state index contributed by atoms with van der Waals surface area (Å²) in [5, 5.41) is 6.13. The standard InChI is InChI=1S/C29H28Cl2N4O2.ClH/c1-21-15-28(34-14-13-33(19-29(34)36)17-22-7-9-25(30)10-8-22)32-35(21)18-24-16-26(31)11-12-27(24)37-20-23-5-3-2-4-6-23;/h2-12,15-16H,13-14,17-20H2,1H3;1H. The lowest BCUT2D eigenvalue weighted by atomic mass is 10.2. The smallest absolute Gasteiger partial charge is 0.242 e. The summed E-state index contributed by atoms with van der Waals surface area (Å²) in [5.41, 5.74) is 4.12. The highest BCUT2D eigenvalue weighted by atomic mass is 35.5. The minimum absolute atomic E-state index is 0. The van der Waals surface area contributed by atoms with E-state index in [0.29, 0.717) is 48.6 Å². The molecular formula is C29H29Cl3N4O2. The molecular weight excluding hydrogens is 543 g/mol. The topological polar surface area (TPSA) is 50.6 Å². The SMILES string of the molecule is Cc1cc(N2CCN(Cc3ccc(Cl)cc3)CC2=O)nn1Cc1cc(Cl)ccc1OCc1ccccc1.Cl. The van der Waals surface area contributed by atoms with Gasteiger partial charge in [-0.05, 0) is 48.4 Å². The fourth-order valence-electron chi connectivity index (χ4n) is 4.44. The van der Waals surface area contributed by atoms with Crippen LogP contribution in [0.5, 0.6) is 5.75 Å². The van der Waals surface area contributed by atoms with Crippen LogP contribution in [0.3, 0.4) is 0 Å². The second-order valence-corrected chi connectivity index (χ2v) is 10.1. The van der Waals surface area contributed by atoms with Crippen LogP contribution in [0, 0.1) is 6.92 Å². The van der Waals surface area contributed by atoms with Crippen LogP contribution in [0.15, 0.2) is 78.9 Å². The van der Waals surface area contributed by atoms with Gasteiger partial charge in [-0.3, -0.25) is 19.3 Å². The van der Waals surface area contributed by atoms with Crippen molar-refractivity contribution in [2.75, 3.05) is 24.5 Å². The van der Waals surface area contributed by atoms with Gasteiger partial charge in [-0.2, -0.15) is 5.10 Å². The number of aryl methyl sites for hydroxylation is 1. The molecule has 2 heterocycles. The normalized spacial score (nSPS) is 13.9. The minimum Gasteiger partial charge on any atom is -0.489 e. The largest absolute Gasteiger partial charge is 0.489 e. The molecule has 38 heavy (non-hydrogen) atoms. The van der Waals surface area contributed by atoms with E-state index in [2.05, 4.69) is 4.90 Å². The van der Waals surface area contributed by atoms with Crippen LogP contribution in [0.4, 0.5) is 5.82 Å². The number of anilines is 1. The summed E-state index contributed by atoms with van der Waals surface area (Å²) in [6.45, 7) is 5.37. The summed E-state index contributed by atoms with van der Waals surface area (Å²) in [6, 6.07) is 25.4. The molecule has 1 saturated heterocycles. The molecule has 0 radical (unpaired) electrons. The number of ether oxygens (including phenoxy) is 1. The lowest BCUT2D eigenvalue weighted by Gasteiger charge is -2.33. The quantitative estimate of drug-likeness (QED) is 0.246. The van der Waals surface area contributed by atoms with Gasteiger partial charge in [0, 0.05) is 47.0 Å². The van der Waals surface area contributed by atoms with Crippen molar-refractivity contribution in [3.63, 3.8) is 0 Å². The summed E-state index contributed by atoms with van der Waals surface area (Å²) < 4.78 is 8.01. The maximum atomic E-state index is 13.0. The molecule has 0 bridgehead atoms. The Morgan fingerprint density at radius 2 is 1.61 bits per heavy atom. The molecule has 198 valence electrons. The van der Waals surface area contributed by atoms with Crippen LogP contribution < -0.4 is 9.64 Å². The van der Waals surface area contributed by atoms with E-state index in [1.165, 1.54) is 0 Å². The minimum atomic E-state index is 0. The van der Waals surface area contributed by atoms with E-state index < -0.39 is 0 Å². The zero-order valence-corrected chi connectivity index (χ0v) is 23.3. The van der Waals surface area contributed by atoms with E-state index in [9.17, 15) is 4.79 Å². The first-order valence-corrected chi connectivity index (χ1v) is 13.0. The summed E-state index contributed by atoms with van der Waals surface area (Å²) in [7, 11) is 0. The van der Waals surface area contributed by atoms with Gasteiger partial charge in [0.15, 0.2) is 5.82 Å². The summed E-state index contributed by atoms with van der Waals surface area (Å²) >= 11 is 12.3. The van der Waals surface area contributed by atoms with Crippen molar-refractivity contribution in [2.24, 2.45) is 0 Å². The highest BCUT2D eigenvalue weighted by Crippen LogP contribution is 2.26. The van der Waals surface area contributed by atoms with Gasteiger partial charge in [0.25, 0.3) is 0 Å². The van der Waals surface area contributed by atoms with Crippen molar-refractivity contribution < 1.29 is 9.53 Å². The molecule has 9 heteroatoms. The van der Waals surface area contributed by atoms with Gasteiger partial charge in [-0.25, -0.2) is 0 Å². The Balaban J connectivity index is 0.00000336. The highest BCUT2D eigenvalue weighted by Gasteiger charge is 2.27. The van der Waals surface area contributed by atoms with E-state index in [1.807, 2.05) is 90.5 Å². The lowest BCUT2D eigenvalue weighted by molar-refractivity contribution is -0.121. The molecule has 1 fully saturated rings. The average Bonchev–Trinajstić information content (AvgIpc) is 3.25. The van der Waals surface area contributed by atoms with Gasteiger partial charge in [0.1, 0.15) is 12.4 Å². The second-order valence-electron chi connectivity index (χ2n) is 9.21. The van der Waals surface area contributed by atoms with Gasteiger partial charge < -0.3 is 4.74 Å². The zero-order chi connectivity index (χ0) is 25.8. The first-order valence-electron chi connectivity index (χ1n) is 12.2. The molecule has 1 aromatic heterocycles. The van der Waals surface area contributed by atoms with E-state index in [1.54, 1.807) is 4.90 Å². The third kappa shape index (κ3) is 6.88. The Kier molecular flexibility index (Phi) is 9.34. The summed E-state index contributed by atoms with van der Waals surface area (Å²) in [5.74, 6) is 1.47. The fourth-order valence-corrected chi connectivity index (χ4v) is 4.76. The zero-order valence-electron chi connectivity index (χ0n) is 21.0. The Hall–Kier alpha value is -3.03. The van der Waals surface area contributed by atoms with Gasteiger partial charge in [-0.1, -0.05) is 65.7 Å². The molecule has 5 rings (SSSR count). The number of halogens is 3. The molecule has 0 unspecified atom stereocenters. The van der Waals surface area contributed by atoms with Crippen molar-refractivity contribution in [3.8, 4) is 5.75 Å². The van der Waals surface area contributed by atoms with Gasteiger partial charge in [-0.15, -0.1) is 12.4 Å². The van der Waals surface area contributed by atoms with Crippen LogP contribution in [0.1, 0.15) is 22.4 Å². The van der Waals surface area contributed by atoms with E-state index in [0.717, 1.165) is 34.7 Å². The predicted molar refractivity (Wildman–Crippen MR) is 155 cm³/mol. The van der Waals surface area contributed by atoms with Crippen LogP contribution in [0.25, 0.3) is 0 Å². The Bertz CT molecular complexity index is 1380. The highest BCUT2D eigenvalue weighted by molar-refractivity contribution is 6.30. The maximum absolute atomic E-state index is 13.0. The van der Waals surface area contributed by atoms with Crippen LogP contribution in [0.2, 0.25) is 10.0 Å². The molecule has 6 nitrogen and oxygen atoms in total. The van der Waals surface area contributed by atoms with Crippen LogP contribution >= 0.6 is 35.6 Å². The van der Waals surface area contributed by atoms with E-state index in [4.69, 9.17) is 33.0 Å². The first kappa shape index (κ1) is 28.0. The second kappa shape index (κ2) is 12.7. The number of rotatable bonds is 8. The monoisotopic (exact) mass is 570 g/mol. The molecule has 4 aromatic rings. The number of carbonyl (C=O) groups is 1.